The fraction of sp³-hybridized carbons (Fsp3) is 0.846. The van der Waals surface area contributed by atoms with Gasteiger partial charge in [-0.2, -0.15) is 0 Å². The van der Waals surface area contributed by atoms with Crippen molar-refractivity contribution in [3.63, 3.8) is 0 Å². The van der Waals surface area contributed by atoms with Gasteiger partial charge in [-0.15, -0.1) is 0 Å². The lowest BCUT2D eigenvalue weighted by atomic mass is 9.78. The summed E-state index contributed by atoms with van der Waals surface area (Å²) in [4.78, 5) is 0. The van der Waals surface area contributed by atoms with E-state index in [9.17, 15) is 0 Å². The molecule has 3 atom stereocenters. The topological polar surface area (TPSA) is 0 Å². The van der Waals surface area contributed by atoms with Gasteiger partial charge in [0, 0.05) is 0 Å². The lowest BCUT2D eigenvalue weighted by Gasteiger charge is -2.27. The Bertz CT molecular complexity index is 155. The minimum atomic E-state index is 0.656. The smallest absolute Gasteiger partial charge is 0.0206 e. The van der Waals surface area contributed by atoms with Gasteiger partial charge in [-0.1, -0.05) is 60.1 Å². The normalized spacial score (nSPS) is 18.4. The molecule has 3 unspecified atom stereocenters. The predicted molar refractivity (Wildman–Crippen MR) is 61.8 cm³/mol. The SMILES string of the molecule is C=C(C(C)C(C)C)C(C)C(C)CC. The third-order valence-electron chi connectivity index (χ3n) is 3.67. The lowest BCUT2D eigenvalue weighted by Crippen LogP contribution is -2.17. The van der Waals surface area contributed by atoms with Gasteiger partial charge in [0.2, 0.25) is 0 Å². The maximum Gasteiger partial charge on any atom is -0.0206 e. The van der Waals surface area contributed by atoms with Gasteiger partial charge in [-0.05, 0) is 23.7 Å². The number of hydrogen-bond donors (Lipinski definition) is 0. The molecule has 0 N–H and O–H groups in total. The fourth-order valence-electron chi connectivity index (χ4n) is 1.56. The Morgan fingerprint density at radius 1 is 1.00 bits per heavy atom. The van der Waals surface area contributed by atoms with E-state index in [-0.39, 0.29) is 0 Å². The molecule has 0 aromatic heterocycles. The van der Waals surface area contributed by atoms with Gasteiger partial charge in [0.1, 0.15) is 0 Å². The van der Waals surface area contributed by atoms with E-state index in [1.807, 2.05) is 0 Å². The molecular weight excluding hydrogens is 156 g/mol. The molecule has 0 saturated heterocycles. The van der Waals surface area contributed by atoms with Crippen LogP contribution in [0.3, 0.4) is 0 Å². The van der Waals surface area contributed by atoms with E-state index in [0.717, 1.165) is 11.8 Å². The van der Waals surface area contributed by atoms with E-state index >= 15 is 0 Å². The summed E-state index contributed by atoms with van der Waals surface area (Å²) in [5.41, 5.74) is 1.43. The van der Waals surface area contributed by atoms with E-state index in [1.165, 1.54) is 12.0 Å². The molecule has 0 aliphatic rings. The van der Waals surface area contributed by atoms with Crippen molar-refractivity contribution >= 4 is 0 Å². The molecule has 0 aromatic rings. The number of rotatable bonds is 5. The fourth-order valence-corrected chi connectivity index (χ4v) is 1.56. The second kappa shape index (κ2) is 5.47. The van der Waals surface area contributed by atoms with E-state index in [2.05, 4.69) is 48.1 Å². The molecule has 0 aliphatic carbocycles. The predicted octanol–water partition coefficient (Wildman–Crippen LogP) is 4.52. The highest BCUT2D eigenvalue weighted by Crippen LogP contribution is 2.30. The monoisotopic (exact) mass is 182 g/mol. The van der Waals surface area contributed by atoms with Gasteiger partial charge in [0.05, 0.1) is 0 Å². The maximum atomic E-state index is 4.24. The van der Waals surface area contributed by atoms with Crippen molar-refractivity contribution in [2.75, 3.05) is 0 Å². The van der Waals surface area contributed by atoms with Crippen molar-refractivity contribution < 1.29 is 0 Å². The summed E-state index contributed by atoms with van der Waals surface area (Å²) in [5.74, 6) is 2.82. The number of hydrogen-bond acceptors (Lipinski definition) is 0. The highest BCUT2D eigenvalue weighted by atomic mass is 14.2. The first-order chi connectivity index (χ1) is 5.91. The summed E-state index contributed by atoms with van der Waals surface area (Å²) in [6.07, 6.45) is 1.25. The van der Waals surface area contributed by atoms with Crippen molar-refractivity contribution in [1.29, 1.82) is 0 Å². The second-order valence-corrected chi connectivity index (χ2v) is 4.78. The third kappa shape index (κ3) is 3.54. The molecule has 0 nitrogen and oxygen atoms in total. The van der Waals surface area contributed by atoms with Gasteiger partial charge in [-0.3, -0.25) is 0 Å². The van der Waals surface area contributed by atoms with Crippen molar-refractivity contribution in [2.24, 2.45) is 23.7 Å². The zero-order valence-corrected chi connectivity index (χ0v) is 10.2. The largest absolute Gasteiger partial charge is 0.0993 e. The Morgan fingerprint density at radius 3 is 1.77 bits per heavy atom. The molecule has 0 spiro atoms. The highest BCUT2D eigenvalue weighted by Gasteiger charge is 2.19. The Kier molecular flexibility index (Phi) is 5.36. The molecule has 0 heteroatoms. The van der Waals surface area contributed by atoms with Crippen LogP contribution in [0.1, 0.15) is 48.0 Å². The Morgan fingerprint density at radius 2 is 1.46 bits per heavy atom. The molecule has 0 fully saturated rings. The van der Waals surface area contributed by atoms with Crippen LogP contribution in [0.15, 0.2) is 12.2 Å². The maximum absolute atomic E-state index is 4.24. The van der Waals surface area contributed by atoms with Crippen LogP contribution in [-0.4, -0.2) is 0 Å². The van der Waals surface area contributed by atoms with Crippen molar-refractivity contribution in [1.82, 2.24) is 0 Å². The Labute approximate surface area is 84.4 Å². The number of allylic oxidation sites excluding steroid dienone is 1. The van der Waals surface area contributed by atoms with Gasteiger partial charge in [-0.25, -0.2) is 0 Å². The molecule has 0 heterocycles. The molecule has 78 valence electrons. The van der Waals surface area contributed by atoms with Crippen LogP contribution in [0.25, 0.3) is 0 Å². The van der Waals surface area contributed by atoms with Gasteiger partial charge >= 0.3 is 0 Å². The van der Waals surface area contributed by atoms with Crippen molar-refractivity contribution in [3.05, 3.63) is 12.2 Å². The molecule has 0 saturated carbocycles. The molecule has 0 radical (unpaired) electrons. The van der Waals surface area contributed by atoms with Crippen molar-refractivity contribution in [2.45, 2.75) is 48.0 Å². The molecule has 0 bridgehead atoms. The minimum Gasteiger partial charge on any atom is -0.0993 e. The molecule has 13 heavy (non-hydrogen) atoms. The van der Waals surface area contributed by atoms with E-state index in [4.69, 9.17) is 0 Å². The van der Waals surface area contributed by atoms with E-state index in [1.54, 1.807) is 0 Å². The summed E-state index contributed by atoms with van der Waals surface area (Å²) in [6.45, 7) is 18.0. The highest BCUT2D eigenvalue weighted by molar-refractivity contribution is 5.05. The quantitative estimate of drug-likeness (QED) is 0.548. The average Bonchev–Trinajstić information content (AvgIpc) is 2.12. The lowest BCUT2D eigenvalue weighted by molar-refractivity contribution is 0.361. The first-order valence-electron chi connectivity index (χ1n) is 5.60. The minimum absolute atomic E-state index is 0.656. The van der Waals surface area contributed by atoms with E-state index in [0.29, 0.717) is 11.8 Å². The zero-order chi connectivity index (χ0) is 10.6. The third-order valence-corrected chi connectivity index (χ3v) is 3.67. The Balaban J connectivity index is 4.25. The average molecular weight is 182 g/mol. The van der Waals surface area contributed by atoms with Gasteiger partial charge < -0.3 is 0 Å². The summed E-state index contributed by atoms with van der Waals surface area (Å²) < 4.78 is 0. The van der Waals surface area contributed by atoms with Crippen LogP contribution < -0.4 is 0 Å². The summed E-state index contributed by atoms with van der Waals surface area (Å²) >= 11 is 0. The van der Waals surface area contributed by atoms with E-state index < -0.39 is 0 Å². The molecular formula is C13H26. The van der Waals surface area contributed by atoms with Crippen molar-refractivity contribution in [3.8, 4) is 0 Å². The van der Waals surface area contributed by atoms with Crippen LogP contribution in [-0.2, 0) is 0 Å². The molecule has 0 rings (SSSR count). The first kappa shape index (κ1) is 12.7. The van der Waals surface area contributed by atoms with Crippen LogP contribution in [0.2, 0.25) is 0 Å². The molecule has 0 amide bonds. The standard InChI is InChI=1S/C13H26/c1-8-10(4)12(6)13(7)11(5)9(2)3/h9-12H,7-8H2,1-6H3. The Hall–Kier alpha value is -0.260. The first-order valence-corrected chi connectivity index (χ1v) is 5.60. The second-order valence-electron chi connectivity index (χ2n) is 4.78. The summed E-state index contributed by atoms with van der Waals surface area (Å²) in [5, 5.41) is 0. The van der Waals surface area contributed by atoms with Crippen LogP contribution in [0.5, 0.6) is 0 Å². The van der Waals surface area contributed by atoms with Crippen LogP contribution >= 0.6 is 0 Å². The van der Waals surface area contributed by atoms with Gasteiger partial charge in [0.15, 0.2) is 0 Å². The summed E-state index contributed by atoms with van der Waals surface area (Å²) in [6, 6.07) is 0. The van der Waals surface area contributed by atoms with Gasteiger partial charge in [0.25, 0.3) is 0 Å². The van der Waals surface area contributed by atoms with Crippen LogP contribution in [0, 0.1) is 23.7 Å². The molecule has 0 aliphatic heterocycles. The molecule has 0 aromatic carbocycles. The zero-order valence-electron chi connectivity index (χ0n) is 10.2. The van der Waals surface area contributed by atoms with Crippen LogP contribution in [0.4, 0.5) is 0 Å². The summed E-state index contributed by atoms with van der Waals surface area (Å²) in [7, 11) is 0.